The molecule has 2 aromatic heterocycles. The lowest BCUT2D eigenvalue weighted by atomic mass is 9.85. The Bertz CT molecular complexity index is 1190. The molecule has 0 spiro atoms. The summed E-state index contributed by atoms with van der Waals surface area (Å²) >= 11 is 0. The average molecular weight is 353 g/mol. The van der Waals surface area contributed by atoms with E-state index in [1.165, 1.54) is 5.56 Å². The smallest absolute Gasteiger partial charge is 0.163 e. The van der Waals surface area contributed by atoms with Gasteiger partial charge in [-0.2, -0.15) is 5.10 Å². The van der Waals surface area contributed by atoms with Gasteiger partial charge in [-0.1, -0.05) is 36.4 Å². The first-order chi connectivity index (χ1) is 13.2. The van der Waals surface area contributed by atoms with Crippen molar-refractivity contribution in [2.75, 3.05) is 0 Å². The molecular weight excluding hydrogens is 334 g/mol. The van der Waals surface area contributed by atoms with Crippen molar-refractivity contribution in [1.29, 1.82) is 0 Å². The third kappa shape index (κ3) is 2.65. The van der Waals surface area contributed by atoms with E-state index in [4.69, 9.17) is 0 Å². The van der Waals surface area contributed by atoms with Crippen LogP contribution in [-0.2, 0) is 6.42 Å². The van der Waals surface area contributed by atoms with Crippen molar-refractivity contribution < 1.29 is 4.79 Å². The molecule has 2 heterocycles. The molecule has 2 aromatic carbocycles. The second-order valence-electron chi connectivity index (χ2n) is 7.08. The van der Waals surface area contributed by atoms with Crippen LogP contribution in [0.3, 0.4) is 0 Å². The van der Waals surface area contributed by atoms with Gasteiger partial charge in [0.15, 0.2) is 11.6 Å². The molecule has 1 aliphatic carbocycles. The molecule has 0 saturated carbocycles. The van der Waals surface area contributed by atoms with E-state index < -0.39 is 0 Å². The number of fused-ring (bicyclic) bond motifs is 2. The Kier molecular flexibility index (Phi) is 3.64. The molecule has 5 rings (SSSR count). The lowest BCUT2D eigenvalue weighted by Gasteiger charge is -2.18. The average Bonchev–Trinajstić information content (AvgIpc) is 3.11. The second-order valence-corrected chi connectivity index (χ2v) is 7.08. The Hall–Kier alpha value is -3.27. The molecule has 27 heavy (non-hydrogen) atoms. The fourth-order valence-corrected chi connectivity index (χ4v) is 3.96. The molecule has 4 heteroatoms. The maximum atomic E-state index is 12.3. The number of aryl methyl sites for hydroxylation is 1. The van der Waals surface area contributed by atoms with E-state index in [0.29, 0.717) is 6.42 Å². The number of ketones is 1. The molecule has 0 unspecified atom stereocenters. The van der Waals surface area contributed by atoms with Gasteiger partial charge < -0.3 is 0 Å². The summed E-state index contributed by atoms with van der Waals surface area (Å²) in [4.78, 5) is 16.9. The van der Waals surface area contributed by atoms with Crippen LogP contribution in [0.15, 0.2) is 60.8 Å². The van der Waals surface area contributed by atoms with Gasteiger partial charge in [-0.05, 0) is 54.7 Å². The monoisotopic (exact) mass is 353 g/mol. The first-order valence-corrected chi connectivity index (χ1v) is 9.28. The van der Waals surface area contributed by atoms with Crippen molar-refractivity contribution in [3.63, 3.8) is 0 Å². The van der Waals surface area contributed by atoms with Crippen molar-refractivity contribution in [2.24, 2.45) is 0 Å². The summed E-state index contributed by atoms with van der Waals surface area (Å²) in [5.41, 5.74) is 6.30. The van der Waals surface area contributed by atoms with Crippen LogP contribution in [0.2, 0.25) is 0 Å². The van der Waals surface area contributed by atoms with Gasteiger partial charge in [-0.25, -0.2) is 9.67 Å². The molecule has 0 saturated heterocycles. The highest BCUT2D eigenvalue weighted by Gasteiger charge is 2.20. The van der Waals surface area contributed by atoms with E-state index >= 15 is 0 Å². The van der Waals surface area contributed by atoms with Gasteiger partial charge in [0.05, 0.1) is 11.7 Å². The number of carbonyl (C=O) groups is 1. The Labute approximate surface area is 157 Å². The Morgan fingerprint density at radius 3 is 2.70 bits per heavy atom. The van der Waals surface area contributed by atoms with E-state index in [1.807, 2.05) is 48.1 Å². The summed E-state index contributed by atoms with van der Waals surface area (Å²) < 4.78 is 1.88. The number of pyridine rings is 1. The predicted octanol–water partition coefficient (Wildman–Crippen LogP) is 4.91. The maximum Gasteiger partial charge on any atom is 0.163 e. The number of hydrogen-bond acceptors (Lipinski definition) is 3. The van der Waals surface area contributed by atoms with Crippen molar-refractivity contribution in [2.45, 2.75) is 26.2 Å². The topological polar surface area (TPSA) is 47.8 Å². The maximum absolute atomic E-state index is 12.3. The number of Topliss-reactive ketones (excluding diaryl/α,β-unsaturated/α-hetero) is 1. The van der Waals surface area contributed by atoms with Crippen LogP contribution in [-0.4, -0.2) is 20.5 Å². The van der Waals surface area contributed by atoms with E-state index in [0.717, 1.165) is 51.9 Å². The number of nitrogens with zero attached hydrogens (tertiary/aromatic N) is 3. The molecule has 4 aromatic rings. The summed E-state index contributed by atoms with van der Waals surface area (Å²) in [5, 5.41) is 5.61. The van der Waals surface area contributed by atoms with Crippen LogP contribution in [0.25, 0.3) is 27.8 Å². The summed E-state index contributed by atoms with van der Waals surface area (Å²) in [6.45, 7) is 1.98. The molecular formula is C23H19N3O. The number of rotatable bonds is 2. The zero-order valence-electron chi connectivity index (χ0n) is 15.1. The number of aromatic nitrogens is 3. The fraction of sp³-hybridized carbons (Fsp3) is 0.174. The minimum Gasteiger partial charge on any atom is -0.294 e. The van der Waals surface area contributed by atoms with Gasteiger partial charge in [-0.3, -0.25) is 4.79 Å². The lowest BCUT2D eigenvalue weighted by molar-refractivity contribution is 0.0972. The molecule has 1 aliphatic rings. The van der Waals surface area contributed by atoms with E-state index in [-0.39, 0.29) is 5.78 Å². The van der Waals surface area contributed by atoms with Crippen LogP contribution in [0.5, 0.6) is 0 Å². The largest absolute Gasteiger partial charge is 0.294 e. The predicted molar refractivity (Wildman–Crippen MR) is 106 cm³/mol. The Morgan fingerprint density at radius 2 is 1.81 bits per heavy atom. The van der Waals surface area contributed by atoms with Crippen LogP contribution in [0.1, 0.15) is 34.5 Å². The van der Waals surface area contributed by atoms with Crippen molar-refractivity contribution in [1.82, 2.24) is 14.8 Å². The normalized spacial score (nSPS) is 13.7. The third-order valence-corrected chi connectivity index (χ3v) is 5.28. The number of benzene rings is 2. The minimum absolute atomic E-state index is 0.258. The second kappa shape index (κ2) is 6.16. The first-order valence-electron chi connectivity index (χ1n) is 9.28. The van der Waals surface area contributed by atoms with E-state index in [9.17, 15) is 4.79 Å². The molecule has 0 radical (unpaired) electrons. The van der Waals surface area contributed by atoms with Crippen molar-refractivity contribution in [3.8, 4) is 16.9 Å². The molecule has 0 amide bonds. The minimum atomic E-state index is 0.258. The molecule has 4 nitrogen and oxygen atoms in total. The lowest BCUT2D eigenvalue weighted by Crippen LogP contribution is -2.11. The van der Waals surface area contributed by atoms with Gasteiger partial charge in [0, 0.05) is 23.1 Å². The SMILES string of the molecule is Cc1cccc(-n2ncc3ccc(-c4cccc5c4CCCC5=O)cc32)n1. The van der Waals surface area contributed by atoms with Crippen LogP contribution < -0.4 is 0 Å². The Morgan fingerprint density at radius 1 is 0.963 bits per heavy atom. The summed E-state index contributed by atoms with van der Waals surface area (Å²) in [7, 11) is 0. The van der Waals surface area contributed by atoms with Crippen LogP contribution >= 0.6 is 0 Å². The third-order valence-electron chi connectivity index (χ3n) is 5.28. The van der Waals surface area contributed by atoms with Crippen molar-refractivity contribution >= 4 is 16.7 Å². The van der Waals surface area contributed by atoms with Crippen LogP contribution in [0, 0.1) is 6.92 Å². The molecule has 0 N–H and O–H groups in total. The van der Waals surface area contributed by atoms with Gasteiger partial charge in [-0.15, -0.1) is 0 Å². The first kappa shape index (κ1) is 15.9. The van der Waals surface area contributed by atoms with Crippen molar-refractivity contribution in [3.05, 3.63) is 77.6 Å². The molecule has 0 bridgehead atoms. The quantitative estimate of drug-likeness (QED) is 0.514. The molecule has 132 valence electrons. The fourth-order valence-electron chi connectivity index (χ4n) is 3.96. The van der Waals surface area contributed by atoms with Gasteiger partial charge >= 0.3 is 0 Å². The van der Waals surface area contributed by atoms with Crippen LogP contribution in [0.4, 0.5) is 0 Å². The molecule has 0 aliphatic heterocycles. The highest BCUT2D eigenvalue weighted by atomic mass is 16.1. The molecule has 0 fully saturated rings. The van der Waals surface area contributed by atoms with Gasteiger partial charge in [0.2, 0.25) is 0 Å². The summed E-state index contributed by atoms with van der Waals surface area (Å²) in [5.74, 6) is 1.07. The summed E-state index contributed by atoms with van der Waals surface area (Å²) in [6.07, 6.45) is 4.40. The standard InChI is InChI=1S/C23H19N3O/c1-15-5-2-10-23(25-15)26-21-13-16(11-12-17(21)14-24-26)18-6-3-8-20-19(18)7-4-9-22(20)27/h2-3,5-6,8,10-14H,4,7,9H2,1H3. The highest BCUT2D eigenvalue weighted by Crippen LogP contribution is 2.33. The molecule has 0 atom stereocenters. The van der Waals surface area contributed by atoms with Gasteiger partial charge in [0.25, 0.3) is 0 Å². The summed E-state index contributed by atoms with van der Waals surface area (Å²) in [6, 6.07) is 18.4. The number of hydrogen-bond donors (Lipinski definition) is 0. The zero-order chi connectivity index (χ0) is 18.4. The van der Waals surface area contributed by atoms with E-state index in [2.05, 4.69) is 34.3 Å². The van der Waals surface area contributed by atoms with E-state index in [1.54, 1.807) is 0 Å². The zero-order valence-corrected chi connectivity index (χ0v) is 15.1. The van der Waals surface area contributed by atoms with Gasteiger partial charge in [0.1, 0.15) is 0 Å². The highest BCUT2D eigenvalue weighted by molar-refractivity contribution is 6.00. The Balaban J connectivity index is 1.69. The number of carbonyl (C=O) groups excluding carboxylic acids is 1.